The highest BCUT2D eigenvalue weighted by molar-refractivity contribution is 6.02. The van der Waals surface area contributed by atoms with Crippen molar-refractivity contribution >= 4 is 22.6 Å². The lowest BCUT2D eigenvalue weighted by atomic mass is 9.85. The number of hydrogen-bond acceptors (Lipinski definition) is 4. The fourth-order valence-corrected chi connectivity index (χ4v) is 6.54. The molecule has 180 valence electrons. The Bertz CT molecular complexity index is 1320. The topological polar surface area (TPSA) is 77.9 Å². The molecule has 0 amide bonds. The number of piperidine rings is 1. The maximum absolute atomic E-state index is 11.1. The number of aromatic nitrogens is 1. The molecule has 4 aliphatic rings. The molecule has 6 nitrogen and oxygen atoms in total. The molecular formula is C29H31N3O3. The molecule has 2 saturated carbocycles. The normalized spacial score (nSPS) is 22.8. The van der Waals surface area contributed by atoms with Gasteiger partial charge in [-0.3, -0.25) is 4.90 Å². The minimum Gasteiger partial charge on any atom is -0.478 e. The number of hydrogen-bond donors (Lipinski definition) is 2. The number of likely N-dealkylation sites (tertiary alicyclic amines) is 1. The fourth-order valence-electron chi connectivity index (χ4n) is 6.54. The molecule has 0 unspecified atom stereocenters. The molecule has 3 fully saturated rings. The second-order valence-corrected chi connectivity index (χ2v) is 11.1. The SMILES string of the molecule is O=C(O)c1ccc(C2=NOC3(CCN(Cc4c[nH]c5c(C6(C7CC7)CC6)cccc45)CC3)C2)cc1. The molecule has 35 heavy (non-hydrogen) atoms. The van der Waals surface area contributed by atoms with E-state index in [4.69, 9.17) is 9.94 Å². The number of nitrogens with zero attached hydrogens (tertiary/aromatic N) is 2. The summed E-state index contributed by atoms with van der Waals surface area (Å²) in [5.41, 5.74) is 6.71. The van der Waals surface area contributed by atoms with Crippen LogP contribution >= 0.6 is 0 Å². The van der Waals surface area contributed by atoms with Crippen molar-refractivity contribution < 1.29 is 14.7 Å². The highest BCUT2D eigenvalue weighted by Gasteiger charge is 2.55. The van der Waals surface area contributed by atoms with Crippen LogP contribution in [0.25, 0.3) is 10.9 Å². The van der Waals surface area contributed by atoms with Crippen molar-refractivity contribution in [1.82, 2.24) is 9.88 Å². The predicted molar refractivity (Wildman–Crippen MR) is 135 cm³/mol. The Morgan fingerprint density at radius 2 is 1.86 bits per heavy atom. The number of para-hydroxylation sites is 1. The molecule has 0 atom stereocenters. The first kappa shape index (κ1) is 21.2. The van der Waals surface area contributed by atoms with Gasteiger partial charge in [-0.25, -0.2) is 4.79 Å². The van der Waals surface area contributed by atoms with Crippen molar-refractivity contribution in [3.05, 3.63) is 70.9 Å². The largest absolute Gasteiger partial charge is 0.478 e. The van der Waals surface area contributed by atoms with Crippen molar-refractivity contribution in [1.29, 1.82) is 0 Å². The van der Waals surface area contributed by atoms with Crippen molar-refractivity contribution in [3.63, 3.8) is 0 Å². The van der Waals surface area contributed by atoms with Crippen LogP contribution in [0, 0.1) is 5.92 Å². The van der Waals surface area contributed by atoms with Gasteiger partial charge in [-0.15, -0.1) is 0 Å². The summed E-state index contributed by atoms with van der Waals surface area (Å²) in [6, 6.07) is 13.8. The van der Waals surface area contributed by atoms with Crippen LogP contribution in [-0.4, -0.2) is 45.4 Å². The number of rotatable bonds is 6. The Hall–Kier alpha value is -3.12. The van der Waals surface area contributed by atoms with Crippen LogP contribution in [0.5, 0.6) is 0 Å². The van der Waals surface area contributed by atoms with Crippen molar-refractivity contribution in [3.8, 4) is 0 Å². The van der Waals surface area contributed by atoms with Gasteiger partial charge in [0.15, 0.2) is 0 Å². The Kier molecular flexibility index (Phi) is 4.65. The zero-order valence-corrected chi connectivity index (χ0v) is 19.9. The van der Waals surface area contributed by atoms with E-state index in [1.807, 2.05) is 12.1 Å². The van der Waals surface area contributed by atoms with E-state index in [0.29, 0.717) is 11.0 Å². The molecular weight excluding hydrogens is 438 g/mol. The number of oxime groups is 1. The Labute approximate surface area is 205 Å². The van der Waals surface area contributed by atoms with Gasteiger partial charge in [-0.1, -0.05) is 35.5 Å². The lowest BCUT2D eigenvalue weighted by Crippen LogP contribution is -2.44. The number of H-pyrrole nitrogens is 1. The van der Waals surface area contributed by atoms with Crippen LogP contribution in [0.1, 0.15) is 72.0 Å². The second kappa shape index (κ2) is 7.69. The molecule has 2 aliphatic heterocycles. The summed E-state index contributed by atoms with van der Waals surface area (Å²) >= 11 is 0. The number of carboxylic acid groups (broad SMARTS) is 1. The smallest absolute Gasteiger partial charge is 0.335 e. The third-order valence-electron chi connectivity index (χ3n) is 8.95. The van der Waals surface area contributed by atoms with E-state index in [1.165, 1.54) is 42.1 Å². The van der Waals surface area contributed by atoms with Crippen molar-refractivity contribution in [2.75, 3.05) is 13.1 Å². The molecule has 1 aromatic heterocycles. The Morgan fingerprint density at radius 3 is 2.54 bits per heavy atom. The molecule has 0 bridgehead atoms. The summed E-state index contributed by atoms with van der Waals surface area (Å²) in [6.45, 7) is 2.93. The average molecular weight is 470 g/mol. The van der Waals surface area contributed by atoms with Gasteiger partial charge in [-0.2, -0.15) is 0 Å². The molecule has 6 heteroatoms. The van der Waals surface area contributed by atoms with Crippen LogP contribution in [0.2, 0.25) is 0 Å². The molecule has 3 aromatic rings. The van der Waals surface area contributed by atoms with Gasteiger partial charge in [0.2, 0.25) is 0 Å². The van der Waals surface area contributed by atoms with Gasteiger partial charge >= 0.3 is 5.97 Å². The van der Waals surface area contributed by atoms with Crippen LogP contribution in [0.15, 0.2) is 53.8 Å². The molecule has 1 spiro atoms. The molecule has 1 saturated heterocycles. The van der Waals surface area contributed by atoms with E-state index in [0.717, 1.165) is 56.1 Å². The second-order valence-electron chi connectivity index (χ2n) is 11.1. The minimum absolute atomic E-state index is 0.229. The summed E-state index contributed by atoms with van der Waals surface area (Å²) in [5, 5.41) is 14.9. The summed E-state index contributed by atoms with van der Waals surface area (Å²) in [4.78, 5) is 23.3. The van der Waals surface area contributed by atoms with Gasteiger partial charge in [0.05, 0.1) is 11.3 Å². The summed E-state index contributed by atoms with van der Waals surface area (Å²) in [6.07, 6.45) is 10.4. The Morgan fingerprint density at radius 1 is 1.09 bits per heavy atom. The molecule has 2 aromatic carbocycles. The number of carboxylic acids is 1. The standard InChI is InChI=1S/C29H31N3O3/c33-27(34)20-6-4-19(5-7-20)25-16-28(35-31-25)12-14-32(15-13-28)18-21-17-30-26-23(21)2-1-3-24(26)29(10-11-29)22-8-9-22/h1-7,17,22,30H,8-16,18H2,(H,33,34). The molecule has 2 aliphatic carbocycles. The maximum atomic E-state index is 11.1. The minimum atomic E-state index is -0.911. The zero-order chi connectivity index (χ0) is 23.6. The quantitative estimate of drug-likeness (QED) is 0.502. The van der Waals surface area contributed by atoms with Crippen molar-refractivity contribution in [2.45, 2.75) is 62.5 Å². The Balaban J connectivity index is 1.01. The van der Waals surface area contributed by atoms with Crippen LogP contribution in [0.3, 0.4) is 0 Å². The first-order valence-electron chi connectivity index (χ1n) is 13.0. The monoisotopic (exact) mass is 469 g/mol. The van der Waals surface area contributed by atoms with E-state index in [1.54, 1.807) is 17.7 Å². The van der Waals surface area contributed by atoms with Crippen LogP contribution < -0.4 is 0 Å². The maximum Gasteiger partial charge on any atom is 0.335 e. The third-order valence-corrected chi connectivity index (χ3v) is 8.95. The molecule has 3 heterocycles. The third kappa shape index (κ3) is 3.57. The van der Waals surface area contributed by atoms with Gasteiger partial charge in [-0.05, 0) is 60.4 Å². The summed E-state index contributed by atoms with van der Waals surface area (Å²) < 4.78 is 0. The first-order valence-corrected chi connectivity index (χ1v) is 13.0. The number of aromatic amines is 1. The number of nitrogens with one attached hydrogen (secondary N) is 1. The summed E-state index contributed by atoms with van der Waals surface area (Å²) in [7, 11) is 0. The molecule has 2 N–H and O–H groups in total. The molecule has 7 rings (SSSR count). The van der Waals surface area contributed by atoms with E-state index < -0.39 is 5.97 Å². The number of benzene rings is 2. The number of carbonyl (C=O) groups is 1. The van der Waals surface area contributed by atoms with E-state index in [2.05, 4.69) is 39.4 Å². The first-order chi connectivity index (χ1) is 17.1. The number of fused-ring (bicyclic) bond motifs is 1. The van der Waals surface area contributed by atoms with E-state index >= 15 is 0 Å². The van der Waals surface area contributed by atoms with Gasteiger partial charge in [0.1, 0.15) is 5.60 Å². The number of aromatic carboxylic acids is 1. The van der Waals surface area contributed by atoms with Crippen LogP contribution in [-0.2, 0) is 16.8 Å². The average Bonchev–Trinajstić information content (AvgIpc) is 3.80. The van der Waals surface area contributed by atoms with Gasteiger partial charge < -0.3 is 14.9 Å². The molecule has 0 radical (unpaired) electrons. The van der Waals surface area contributed by atoms with Crippen molar-refractivity contribution in [2.24, 2.45) is 11.1 Å². The zero-order valence-electron chi connectivity index (χ0n) is 19.9. The summed E-state index contributed by atoms with van der Waals surface area (Å²) in [5.74, 6) is -0.00171. The highest BCUT2D eigenvalue weighted by Crippen LogP contribution is 2.63. The fraction of sp³-hybridized carbons (Fsp3) is 0.448. The predicted octanol–water partition coefficient (Wildman–Crippen LogP) is 5.47. The lowest BCUT2D eigenvalue weighted by molar-refractivity contribution is -0.0626. The van der Waals surface area contributed by atoms with Crippen LogP contribution in [0.4, 0.5) is 0 Å². The van der Waals surface area contributed by atoms with E-state index in [-0.39, 0.29) is 5.60 Å². The highest BCUT2D eigenvalue weighted by atomic mass is 16.7. The van der Waals surface area contributed by atoms with Gasteiger partial charge in [0.25, 0.3) is 0 Å². The van der Waals surface area contributed by atoms with Gasteiger partial charge in [0, 0.05) is 61.4 Å². The lowest BCUT2D eigenvalue weighted by Gasteiger charge is -2.37. The van der Waals surface area contributed by atoms with E-state index in [9.17, 15) is 4.79 Å².